The number of rotatable bonds is 7. The molecule has 2 nitrogen and oxygen atoms in total. The summed E-state index contributed by atoms with van der Waals surface area (Å²) in [6.45, 7) is 5.17. The number of nitrogens with one attached hydrogen (secondary N) is 1. The number of thioether (sulfide) groups is 1. The predicted octanol–water partition coefficient (Wildman–Crippen LogP) is 2.41. The van der Waals surface area contributed by atoms with E-state index in [4.69, 9.17) is 0 Å². The Morgan fingerprint density at radius 3 is 2.64 bits per heavy atom. The highest BCUT2D eigenvalue weighted by Crippen LogP contribution is 2.41. The summed E-state index contributed by atoms with van der Waals surface area (Å²) < 4.78 is 0. The van der Waals surface area contributed by atoms with E-state index >= 15 is 0 Å². The van der Waals surface area contributed by atoms with Crippen molar-refractivity contribution in [3.8, 4) is 6.07 Å². The van der Waals surface area contributed by atoms with Crippen molar-refractivity contribution in [2.75, 3.05) is 18.1 Å². The molecule has 1 unspecified atom stereocenters. The van der Waals surface area contributed by atoms with Crippen LogP contribution in [0.15, 0.2) is 0 Å². The molecule has 80 valence electrons. The Labute approximate surface area is 91.4 Å². The molecule has 14 heavy (non-hydrogen) atoms. The minimum atomic E-state index is -0.228. The lowest BCUT2D eigenvalue weighted by atomic mass is 9.98. The largest absolute Gasteiger partial charge is 0.299 e. The van der Waals surface area contributed by atoms with Crippen molar-refractivity contribution in [1.82, 2.24) is 5.32 Å². The summed E-state index contributed by atoms with van der Waals surface area (Å²) in [5.74, 6) is 2.73. The minimum Gasteiger partial charge on any atom is -0.299 e. The zero-order valence-corrected chi connectivity index (χ0v) is 9.99. The first-order chi connectivity index (χ1) is 6.79. The van der Waals surface area contributed by atoms with Crippen molar-refractivity contribution in [3.05, 3.63) is 0 Å². The van der Waals surface area contributed by atoms with Crippen LogP contribution < -0.4 is 5.32 Å². The van der Waals surface area contributed by atoms with Crippen LogP contribution in [0.25, 0.3) is 0 Å². The lowest BCUT2D eigenvalue weighted by molar-refractivity contribution is 0.416. The van der Waals surface area contributed by atoms with Gasteiger partial charge in [0.15, 0.2) is 0 Å². The van der Waals surface area contributed by atoms with Crippen molar-refractivity contribution in [1.29, 1.82) is 5.26 Å². The molecule has 0 spiro atoms. The SMILES string of the molecule is CCCSCC(C#N)(NCC)C1CC1. The predicted molar refractivity (Wildman–Crippen MR) is 62.4 cm³/mol. The third-order valence-corrected chi connectivity index (χ3v) is 4.00. The molecular weight excluding hydrogens is 192 g/mol. The van der Waals surface area contributed by atoms with Gasteiger partial charge < -0.3 is 0 Å². The highest BCUT2D eigenvalue weighted by Gasteiger charge is 2.44. The smallest absolute Gasteiger partial charge is 0.118 e. The van der Waals surface area contributed by atoms with E-state index in [0.717, 1.165) is 12.3 Å². The molecule has 0 bridgehead atoms. The van der Waals surface area contributed by atoms with Crippen molar-refractivity contribution in [3.63, 3.8) is 0 Å². The number of hydrogen-bond donors (Lipinski definition) is 1. The highest BCUT2D eigenvalue weighted by atomic mass is 32.2. The van der Waals surface area contributed by atoms with Gasteiger partial charge in [0.1, 0.15) is 5.54 Å². The van der Waals surface area contributed by atoms with E-state index in [9.17, 15) is 5.26 Å². The fourth-order valence-corrected chi connectivity index (χ4v) is 2.90. The van der Waals surface area contributed by atoms with Crippen molar-refractivity contribution < 1.29 is 0 Å². The van der Waals surface area contributed by atoms with Crippen molar-refractivity contribution in [2.45, 2.75) is 38.6 Å². The van der Waals surface area contributed by atoms with Gasteiger partial charge in [0, 0.05) is 5.75 Å². The van der Waals surface area contributed by atoms with Crippen LogP contribution >= 0.6 is 11.8 Å². The topological polar surface area (TPSA) is 35.8 Å². The first-order valence-corrected chi connectivity index (χ1v) is 6.68. The normalized spacial score (nSPS) is 20.1. The monoisotopic (exact) mass is 212 g/mol. The number of nitrogens with zero attached hydrogens (tertiary/aromatic N) is 1. The van der Waals surface area contributed by atoms with E-state index in [1.54, 1.807) is 0 Å². The average Bonchev–Trinajstić information content (AvgIpc) is 3.00. The molecule has 0 aromatic carbocycles. The maximum absolute atomic E-state index is 9.29. The Kier molecular flexibility index (Phi) is 4.77. The van der Waals surface area contributed by atoms with Crippen LogP contribution in [0.3, 0.4) is 0 Å². The van der Waals surface area contributed by atoms with Gasteiger partial charge in [-0.05, 0) is 37.5 Å². The number of hydrogen-bond acceptors (Lipinski definition) is 3. The zero-order valence-electron chi connectivity index (χ0n) is 9.18. The fourth-order valence-electron chi connectivity index (χ4n) is 1.75. The van der Waals surface area contributed by atoms with Crippen LogP contribution in [0.4, 0.5) is 0 Å². The van der Waals surface area contributed by atoms with E-state index in [0.29, 0.717) is 5.92 Å². The Balaban J connectivity index is 2.46. The molecule has 1 aliphatic carbocycles. The number of nitriles is 1. The Morgan fingerprint density at radius 1 is 1.50 bits per heavy atom. The maximum Gasteiger partial charge on any atom is 0.118 e. The molecule has 0 amide bonds. The van der Waals surface area contributed by atoms with E-state index in [1.807, 2.05) is 11.8 Å². The van der Waals surface area contributed by atoms with Crippen LogP contribution in [-0.4, -0.2) is 23.6 Å². The molecule has 1 atom stereocenters. The van der Waals surface area contributed by atoms with E-state index < -0.39 is 0 Å². The molecule has 0 aromatic rings. The van der Waals surface area contributed by atoms with Crippen LogP contribution in [0, 0.1) is 17.2 Å². The van der Waals surface area contributed by atoms with E-state index in [-0.39, 0.29) is 5.54 Å². The highest BCUT2D eigenvalue weighted by molar-refractivity contribution is 7.99. The van der Waals surface area contributed by atoms with Gasteiger partial charge in [0.05, 0.1) is 6.07 Å². The molecule has 1 aliphatic rings. The van der Waals surface area contributed by atoms with Gasteiger partial charge in [-0.1, -0.05) is 13.8 Å². The van der Waals surface area contributed by atoms with Gasteiger partial charge in [0.25, 0.3) is 0 Å². The lowest BCUT2D eigenvalue weighted by Crippen LogP contribution is -2.48. The first kappa shape index (κ1) is 11.9. The fraction of sp³-hybridized carbons (Fsp3) is 0.909. The summed E-state index contributed by atoms with van der Waals surface area (Å²) in [6, 6.07) is 2.51. The molecule has 1 saturated carbocycles. The summed E-state index contributed by atoms with van der Waals surface area (Å²) in [6.07, 6.45) is 3.66. The summed E-state index contributed by atoms with van der Waals surface area (Å²) in [5, 5.41) is 12.7. The van der Waals surface area contributed by atoms with Gasteiger partial charge in [-0.15, -0.1) is 0 Å². The summed E-state index contributed by atoms with van der Waals surface area (Å²) >= 11 is 1.91. The third-order valence-electron chi connectivity index (χ3n) is 2.64. The minimum absolute atomic E-state index is 0.228. The van der Waals surface area contributed by atoms with E-state index in [1.165, 1.54) is 25.0 Å². The van der Waals surface area contributed by atoms with Crippen molar-refractivity contribution in [2.24, 2.45) is 5.92 Å². The van der Waals surface area contributed by atoms with Gasteiger partial charge >= 0.3 is 0 Å². The molecule has 1 N–H and O–H groups in total. The molecule has 0 aliphatic heterocycles. The Hall–Kier alpha value is -0.200. The van der Waals surface area contributed by atoms with Gasteiger partial charge in [-0.3, -0.25) is 5.32 Å². The quantitative estimate of drug-likeness (QED) is 0.658. The van der Waals surface area contributed by atoms with Gasteiger partial charge in [-0.2, -0.15) is 17.0 Å². The van der Waals surface area contributed by atoms with Crippen molar-refractivity contribution >= 4 is 11.8 Å². The molecule has 0 heterocycles. The van der Waals surface area contributed by atoms with E-state index in [2.05, 4.69) is 25.2 Å². The third kappa shape index (κ3) is 2.90. The average molecular weight is 212 g/mol. The maximum atomic E-state index is 9.29. The Bertz CT molecular complexity index is 208. The van der Waals surface area contributed by atoms with Gasteiger partial charge in [-0.25, -0.2) is 0 Å². The molecule has 3 heteroatoms. The second kappa shape index (κ2) is 5.63. The molecule has 1 rings (SSSR count). The zero-order chi connectivity index (χ0) is 10.4. The van der Waals surface area contributed by atoms with Crippen LogP contribution in [-0.2, 0) is 0 Å². The molecular formula is C11H20N2S. The van der Waals surface area contributed by atoms with Gasteiger partial charge in [0.2, 0.25) is 0 Å². The first-order valence-electron chi connectivity index (χ1n) is 5.53. The lowest BCUT2D eigenvalue weighted by Gasteiger charge is -2.27. The second-order valence-corrected chi connectivity index (χ2v) is 5.05. The summed E-state index contributed by atoms with van der Waals surface area (Å²) in [7, 11) is 0. The molecule has 0 aromatic heterocycles. The van der Waals surface area contributed by atoms with Crippen LogP contribution in [0.2, 0.25) is 0 Å². The summed E-state index contributed by atoms with van der Waals surface area (Å²) in [5.41, 5.74) is -0.228. The molecule has 0 saturated heterocycles. The summed E-state index contributed by atoms with van der Waals surface area (Å²) in [4.78, 5) is 0. The molecule has 0 radical (unpaired) electrons. The molecule has 1 fully saturated rings. The second-order valence-electron chi connectivity index (χ2n) is 3.94. The van der Waals surface area contributed by atoms with Crippen LogP contribution in [0.5, 0.6) is 0 Å². The standard InChI is InChI=1S/C11H20N2S/c1-3-7-14-9-11(8-12,13-4-2)10-5-6-10/h10,13H,3-7,9H2,1-2H3. The van der Waals surface area contributed by atoms with Crippen LogP contribution in [0.1, 0.15) is 33.1 Å². The Morgan fingerprint density at radius 2 is 2.21 bits per heavy atom.